The van der Waals surface area contributed by atoms with Gasteiger partial charge in [-0.2, -0.15) is 0 Å². The van der Waals surface area contributed by atoms with Crippen LogP contribution < -0.4 is 10.5 Å². The first kappa shape index (κ1) is 14.8. The van der Waals surface area contributed by atoms with Crippen LogP contribution in [-0.2, 0) is 0 Å². The predicted octanol–water partition coefficient (Wildman–Crippen LogP) is 4.06. The van der Waals surface area contributed by atoms with Crippen LogP contribution >= 0.6 is 27.5 Å². The Labute approximate surface area is 128 Å². The average Bonchev–Trinajstić information content (AvgIpc) is 2.40. The second-order valence-corrected chi connectivity index (χ2v) is 5.32. The SMILES string of the molecule is COc1cc(F)c(Br)cc1C(=O)c1ccc(Cl)cc1N. The Bertz CT molecular complexity index is 691. The van der Waals surface area contributed by atoms with Gasteiger partial charge in [0.1, 0.15) is 11.6 Å². The molecule has 0 aliphatic rings. The Kier molecular flexibility index (Phi) is 4.30. The maximum atomic E-state index is 13.5. The summed E-state index contributed by atoms with van der Waals surface area (Å²) in [4.78, 5) is 12.5. The summed E-state index contributed by atoms with van der Waals surface area (Å²) in [7, 11) is 1.37. The van der Waals surface area contributed by atoms with E-state index in [9.17, 15) is 9.18 Å². The zero-order chi connectivity index (χ0) is 14.9. The van der Waals surface area contributed by atoms with Gasteiger partial charge in [0.25, 0.3) is 0 Å². The highest BCUT2D eigenvalue weighted by Crippen LogP contribution is 2.30. The number of hydrogen-bond acceptors (Lipinski definition) is 3. The van der Waals surface area contributed by atoms with Gasteiger partial charge in [0.2, 0.25) is 0 Å². The van der Waals surface area contributed by atoms with Crippen LogP contribution in [0.2, 0.25) is 5.02 Å². The van der Waals surface area contributed by atoms with E-state index in [1.54, 1.807) is 6.07 Å². The van der Waals surface area contributed by atoms with Crippen molar-refractivity contribution in [1.82, 2.24) is 0 Å². The number of hydrogen-bond donors (Lipinski definition) is 1. The van der Waals surface area contributed by atoms with E-state index in [2.05, 4.69) is 15.9 Å². The van der Waals surface area contributed by atoms with E-state index in [1.807, 2.05) is 0 Å². The standard InChI is InChI=1S/C14H10BrClFNO2/c1-20-13-6-11(17)10(15)5-9(13)14(19)8-3-2-7(16)4-12(8)18/h2-6H,18H2,1H3. The molecular weight excluding hydrogens is 349 g/mol. The van der Waals surface area contributed by atoms with Crippen molar-refractivity contribution < 1.29 is 13.9 Å². The van der Waals surface area contributed by atoms with Crippen LogP contribution in [0.3, 0.4) is 0 Å². The van der Waals surface area contributed by atoms with Crippen molar-refractivity contribution in [2.45, 2.75) is 0 Å². The van der Waals surface area contributed by atoms with Crippen LogP contribution in [0, 0.1) is 5.82 Å². The molecular formula is C14H10BrClFNO2. The van der Waals surface area contributed by atoms with E-state index in [0.717, 1.165) is 6.07 Å². The molecule has 0 bridgehead atoms. The number of carbonyl (C=O) groups is 1. The molecule has 0 aromatic heterocycles. The van der Waals surface area contributed by atoms with Crippen molar-refractivity contribution in [2.24, 2.45) is 0 Å². The van der Waals surface area contributed by atoms with Crippen molar-refractivity contribution in [3.05, 3.63) is 56.8 Å². The zero-order valence-corrected chi connectivity index (χ0v) is 12.8. The van der Waals surface area contributed by atoms with Crippen molar-refractivity contribution in [3.8, 4) is 5.75 Å². The molecule has 0 radical (unpaired) electrons. The lowest BCUT2D eigenvalue weighted by molar-refractivity contribution is 0.103. The first-order valence-electron chi connectivity index (χ1n) is 5.56. The highest BCUT2D eigenvalue weighted by molar-refractivity contribution is 9.10. The zero-order valence-electron chi connectivity index (χ0n) is 10.4. The molecule has 3 nitrogen and oxygen atoms in total. The monoisotopic (exact) mass is 357 g/mol. The maximum Gasteiger partial charge on any atom is 0.198 e. The van der Waals surface area contributed by atoms with Gasteiger partial charge in [0.15, 0.2) is 5.78 Å². The minimum atomic E-state index is -0.512. The molecule has 0 heterocycles. The lowest BCUT2D eigenvalue weighted by Crippen LogP contribution is -2.07. The van der Waals surface area contributed by atoms with Crippen molar-refractivity contribution >= 4 is 39.0 Å². The van der Waals surface area contributed by atoms with Crippen molar-refractivity contribution in [2.75, 3.05) is 12.8 Å². The highest BCUT2D eigenvalue weighted by atomic mass is 79.9. The van der Waals surface area contributed by atoms with Crippen LogP contribution in [0.1, 0.15) is 15.9 Å². The number of benzene rings is 2. The Morgan fingerprint density at radius 2 is 2.00 bits per heavy atom. The molecule has 2 N–H and O–H groups in total. The second kappa shape index (κ2) is 5.81. The molecule has 0 spiro atoms. The highest BCUT2D eigenvalue weighted by Gasteiger charge is 2.19. The van der Waals surface area contributed by atoms with Crippen LogP contribution in [0.15, 0.2) is 34.8 Å². The summed E-state index contributed by atoms with van der Waals surface area (Å²) in [6.45, 7) is 0. The molecule has 0 saturated heterocycles. The molecule has 0 fully saturated rings. The third-order valence-electron chi connectivity index (χ3n) is 2.75. The summed E-state index contributed by atoms with van der Waals surface area (Å²) in [5.41, 5.74) is 6.54. The second-order valence-electron chi connectivity index (χ2n) is 4.03. The van der Waals surface area contributed by atoms with Gasteiger partial charge in [-0.1, -0.05) is 11.6 Å². The predicted molar refractivity (Wildman–Crippen MR) is 79.9 cm³/mol. The summed E-state index contributed by atoms with van der Waals surface area (Å²) in [6.07, 6.45) is 0. The third kappa shape index (κ3) is 2.78. The van der Waals surface area contributed by atoms with E-state index >= 15 is 0 Å². The van der Waals surface area contributed by atoms with Crippen LogP contribution in [-0.4, -0.2) is 12.9 Å². The fraction of sp³-hybridized carbons (Fsp3) is 0.0714. The van der Waals surface area contributed by atoms with E-state index in [-0.39, 0.29) is 32.8 Å². The van der Waals surface area contributed by atoms with Crippen molar-refractivity contribution in [1.29, 1.82) is 0 Å². The molecule has 6 heteroatoms. The first-order chi connectivity index (χ1) is 9.43. The molecule has 0 aliphatic carbocycles. The Balaban J connectivity index is 2.55. The van der Waals surface area contributed by atoms with Crippen LogP contribution in [0.25, 0.3) is 0 Å². The van der Waals surface area contributed by atoms with Crippen LogP contribution in [0.4, 0.5) is 10.1 Å². The summed E-state index contributed by atoms with van der Waals surface area (Å²) in [5, 5.41) is 0.436. The lowest BCUT2D eigenvalue weighted by atomic mass is 10.0. The van der Waals surface area contributed by atoms with Gasteiger partial charge >= 0.3 is 0 Å². The molecule has 0 atom stereocenters. The number of methoxy groups -OCH3 is 1. The average molecular weight is 359 g/mol. The number of anilines is 1. The third-order valence-corrected chi connectivity index (χ3v) is 3.59. The summed E-state index contributed by atoms with van der Waals surface area (Å²) in [5.74, 6) is -0.732. The van der Waals surface area contributed by atoms with Gasteiger partial charge in [-0.25, -0.2) is 4.39 Å². The molecule has 0 saturated carbocycles. The largest absolute Gasteiger partial charge is 0.496 e. The van der Waals surface area contributed by atoms with Gasteiger partial charge in [0, 0.05) is 22.3 Å². The summed E-state index contributed by atoms with van der Waals surface area (Å²) in [6, 6.07) is 7.08. The van der Waals surface area contributed by atoms with E-state index in [1.165, 1.54) is 25.3 Å². The minimum absolute atomic E-state index is 0.144. The molecule has 0 amide bonds. The quantitative estimate of drug-likeness (QED) is 0.665. The number of ether oxygens (including phenoxy) is 1. The van der Waals surface area contributed by atoms with Gasteiger partial charge in [0.05, 0.1) is 17.1 Å². The topological polar surface area (TPSA) is 52.3 Å². The number of carbonyl (C=O) groups excluding carboxylic acids is 1. The van der Waals surface area contributed by atoms with E-state index in [4.69, 9.17) is 22.1 Å². The first-order valence-corrected chi connectivity index (χ1v) is 6.74. The summed E-state index contributed by atoms with van der Waals surface area (Å²) < 4.78 is 18.7. The molecule has 2 aromatic carbocycles. The van der Waals surface area contributed by atoms with E-state index in [0.29, 0.717) is 5.02 Å². The molecule has 2 rings (SSSR count). The smallest absolute Gasteiger partial charge is 0.198 e. The molecule has 2 aromatic rings. The lowest BCUT2D eigenvalue weighted by Gasteiger charge is -2.10. The van der Waals surface area contributed by atoms with Gasteiger partial charge < -0.3 is 10.5 Å². The van der Waals surface area contributed by atoms with Gasteiger partial charge in [-0.3, -0.25) is 4.79 Å². The Morgan fingerprint density at radius 1 is 1.30 bits per heavy atom. The molecule has 0 unspecified atom stereocenters. The number of nitrogen functional groups attached to an aromatic ring is 1. The van der Waals surface area contributed by atoms with Gasteiger partial charge in [-0.05, 0) is 40.2 Å². The molecule has 20 heavy (non-hydrogen) atoms. The molecule has 104 valence electrons. The maximum absolute atomic E-state index is 13.5. The number of rotatable bonds is 3. The number of halogens is 3. The van der Waals surface area contributed by atoms with E-state index < -0.39 is 5.82 Å². The summed E-state index contributed by atoms with van der Waals surface area (Å²) >= 11 is 8.84. The fourth-order valence-corrected chi connectivity index (χ4v) is 2.28. The number of ketones is 1. The van der Waals surface area contributed by atoms with Crippen LogP contribution in [0.5, 0.6) is 5.75 Å². The Morgan fingerprint density at radius 3 is 2.60 bits per heavy atom. The number of nitrogens with two attached hydrogens (primary N) is 1. The normalized spacial score (nSPS) is 10.4. The van der Waals surface area contributed by atoms with Crippen molar-refractivity contribution in [3.63, 3.8) is 0 Å². The molecule has 0 aliphatic heterocycles. The Hall–Kier alpha value is -1.59. The van der Waals surface area contributed by atoms with Gasteiger partial charge in [-0.15, -0.1) is 0 Å². The minimum Gasteiger partial charge on any atom is -0.496 e. The fourth-order valence-electron chi connectivity index (χ4n) is 1.76.